The summed E-state index contributed by atoms with van der Waals surface area (Å²) in [4.78, 5) is 4.55. The van der Waals surface area contributed by atoms with Gasteiger partial charge in [0.1, 0.15) is 11.6 Å². The highest BCUT2D eigenvalue weighted by Crippen LogP contribution is 2.29. The van der Waals surface area contributed by atoms with Crippen molar-refractivity contribution in [2.24, 2.45) is 0 Å². The molecule has 2 N–H and O–H groups in total. The van der Waals surface area contributed by atoms with Gasteiger partial charge in [0.05, 0.1) is 24.2 Å². The van der Waals surface area contributed by atoms with Crippen molar-refractivity contribution in [3.8, 4) is 0 Å². The van der Waals surface area contributed by atoms with Crippen LogP contribution in [-0.4, -0.2) is 26.8 Å². The molecule has 0 saturated heterocycles. The van der Waals surface area contributed by atoms with Gasteiger partial charge in [-0.15, -0.1) is 0 Å². The summed E-state index contributed by atoms with van der Waals surface area (Å²) < 4.78 is 15.4. The molecule has 0 amide bonds. The van der Waals surface area contributed by atoms with Crippen molar-refractivity contribution in [3.63, 3.8) is 0 Å². The molecule has 0 bridgehead atoms. The number of aryl methyl sites for hydroxylation is 1. The highest BCUT2D eigenvalue weighted by molar-refractivity contribution is 5.76. The van der Waals surface area contributed by atoms with Gasteiger partial charge < -0.3 is 15.0 Å². The molecule has 0 atom stereocenters. The molecule has 5 heteroatoms. The number of aliphatic hydroxyl groups excluding tert-OH is 1. The minimum atomic E-state index is -0.259. The Morgan fingerprint density at radius 1 is 1.38 bits per heavy atom. The highest BCUT2D eigenvalue weighted by atomic mass is 19.1. The van der Waals surface area contributed by atoms with E-state index < -0.39 is 0 Å². The van der Waals surface area contributed by atoms with E-state index in [0.717, 1.165) is 43.6 Å². The molecular weight excluding hydrogens is 269 g/mol. The number of nitrogens with zero attached hydrogens (tertiary/aromatic N) is 2. The van der Waals surface area contributed by atoms with Gasteiger partial charge in [0, 0.05) is 18.2 Å². The van der Waals surface area contributed by atoms with Gasteiger partial charge in [-0.05, 0) is 31.9 Å². The van der Waals surface area contributed by atoms with Crippen molar-refractivity contribution in [1.82, 2.24) is 14.9 Å². The molecule has 1 fully saturated rings. The molecule has 1 heterocycles. The maximum atomic E-state index is 13.3. The SMILES string of the molecule is CCn1c(CNC2(CO)CCCC2)nc2cc(F)ccc21. The average molecular weight is 291 g/mol. The predicted octanol–water partition coefficient (Wildman–Crippen LogP) is 2.59. The third-order valence-corrected chi connectivity index (χ3v) is 4.59. The third kappa shape index (κ3) is 2.68. The van der Waals surface area contributed by atoms with Crippen molar-refractivity contribution in [2.45, 2.75) is 51.2 Å². The van der Waals surface area contributed by atoms with Gasteiger partial charge in [-0.3, -0.25) is 0 Å². The van der Waals surface area contributed by atoms with E-state index in [2.05, 4.69) is 21.8 Å². The van der Waals surface area contributed by atoms with Crippen molar-refractivity contribution in [3.05, 3.63) is 29.8 Å². The van der Waals surface area contributed by atoms with E-state index in [1.807, 2.05) is 0 Å². The number of hydrogen-bond acceptors (Lipinski definition) is 3. The van der Waals surface area contributed by atoms with Gasteiger partial charge in [0.25, 0.3) is 0 Å². The molecule has 0 unspecified atom stereocenters. The molecule has 21 heavy (non-hydrogen) atoms. The van der Waals surface area contributed by atoms with E-state index in [-0.39, 0.29) is 18.0 Å². The van der Waals surface area contributed by atoms with Crippen LogP contribution in [0.4, 0.5) is 4.39 Å². The average Bonchev–Trinajstić information content (AvgIpc) is 3.09. The number of rotatable bonds is 5. The zero-order valence-corrected chi connectivity index (χ0v) is 12.4. The Labute approximate surface area is 124 Å². The zero-order chi connectivity index (χ0) is 14.9. The molecule has 1 aromatic carbocycles. The molecule has 2 aromatic rings. The first-order chi connectivity index (χ1) is 10.2. The summed E-state index contributed by atoms with van der Waals surface area (Å²) in [6, 6.07) is 4.73. The van der Waals surface area contributed by atoms with Crippen molar-refractivity contribution in [1.29, 1.82) is 0 Å². The largest absolute Gasteiger partial charge is 0.394 e. The summed E-state index contributed by atoms with van der Waals surface area (Å²) in [6.07, 6.45) is 4.32. The van der Waals surface area contributed by atoms with E-state index in [4.69, 9.17) is 0 Å². The lowest BCUT2D eigenvalue weighted by atomic mass is 9.99. The minimum Gasteiger partial charge on any atom is -0.394 e. The van der Waals surface area contributed by atoms with Crippen LogP contribution >= 0.6 is 0 Å². The van der Waals surface area contributed by atoms with Gasteiger partial charge in [-0.2, -0.15) is 0 Å². The number of aromatic nitrogens is 2. The van der Waals surface area contributed by atoms with E-state index in [0.29, 0.717) is 12.1 Å². The van der Waals surface area contributed by atoms with E-state index in [1.54, 1.807) is 6.07 Å². The Balaban J connectivity index is 1.86. The maximum absolute atomic E-state index is 13.3. The fourth-order valence-corrected chi connectivity index (χ4v) is 3.35. The van der Waals surface area contributed by atoms with E-state index in [1.165, 1.54) is 12.1 Å². The van der Waals surface area contributed by atoms with E-state index >= 15 is 0 Å². The molecule has 114 valence electrons. The fourth-order valence-electron chi connectivity index (χ4n) is 3.35. The standard InChI is InChI=1S/C16H22FN3O/c1-2-20-14-6-5-12(17)9-13(14)19-15(20)10-18-16(11-21)7-3-4-8-16/h5-6,9,18,21H,2-4,7-8,10-11H2,1H3. The molecule has 1 aromatic heterocycles. The first-order valence-corrected chi connectivity index (χ1v) is 7.68. The van der Waals surface area contributed by atoms with Crippen LogP contribution in [0, 0.1) is 5.82 Å². The number of hydrogen-bond donors (Lipinski definition) is 2. The normalized spacial score (nSPS) is 17.7. The van der Waals surface area contributed by atoms with Gasteiger partial charge >= 0.3 is 0 Å². The number of imidazole rings is 1. The van der Waals surface area contributed by atoms with Crippen LogP contribution in [-0.2, 0) is 13.1 Å². The molecule has 1 aliphatic carbocycles. The van der Waals surface area contributed by atoms with Crippen molar-refractivity contribution < 1.29 is 9.50 Å². The molecule has 0 spiro atoms. The Morgan fingerprint density at radius 2 is 2.14 bits per heavy atom. The number of nitrogens with one attached hydrogen (secondary N) is 1. The van der Waals surface area contributed by atoms with Crippen LogP contribution in [0.2, 0.25) is 0 Å². The molecular formula is C16H22FN3O. The van der Waals surface area contributed by atoms with Crippen LogP contribution in [0.5, 0.6) is 0 Å². The zero-order valence-electron chi connectivity index (χ0n) is 12.4. The molecule has 4 nitrogen and oxygen atoms in total. The topological polar surface area (TPSA) is 50.1 Å². The summed E-state index contributed by atoms with van der Waals surface area (Å²) >= 11 is 0. The quantitative estimate of drug-likeness (QED) is 0.890. The highest BCUT2D eigenvalue weighted by Gasteiger charge is 2.32. The molecule has 3 rings (SSSR count). The van der Waals surface area contributed by atoms with Gasteiger partial charge in [0.15, 0.2) is 0 Å². The van der Waals surface area contributed by atoms with Gasteiger partial charge in [-0.25, -0.2) is 9.37 Å². The van der Waals surface area contributed by atoms with Crippen molar-refractivity contribution in [2.75, 3.05) is 6.61 Å². The van der Waals surface area contributed by atoms with Crippen LogP contribution in [0.25, 0.3) is 11.0 Å². The van der Waals surface area contributed by atoms with Crippen LogP contribution < -0.4 is 5.32 Å². The van der Waals surface area contributed by atoms with Crippen LogP contribution in [0.1, 0.15) is 38.4 Å². The Morgan fingerprint density at radius 3 is 2.81 bits per heavy atom. The summed E-state index contributed by atoms with van der Waals surface area (Å²) in [5.41, 5.74) is 1.49. The second-order valence-corrected chi connectivity index (χ2v) is 5.90. The van der Waals surface area contributed by atoms with E-state index in [9.17, 15) is 9.50 Å². The molecule has 1 aliphatic rings. The molecule has 0 radical (unpaired) electrons. The molecule has 1 saturated carbocycles. The first kappa shape index (κ1) is 14.5. The number of benzene rings is 1. The number of halogens is 1. The number of fused-ring (bicyclic) bond motifs is 1. The summed E-state index contributed by atoms with van der Waals surface area (Å²) in [5.74, 6) is 0.642. The maximum Gasteiger partial charge on any atom is 0.125 e. The van der Waals surface area contributed by atoms with Crippen LogP contribution in [0.15, 0.2) is 18.2 Å². The Bertz CT molecular complexity index is 632. The summed E-state index contributed by atoms with van der Waals surface area (Å²) in [7, 11) is 0. The lowest BCUT2D eigenvalue weighted by molar-refractivity contribution is 0.161. The molecule has 0 aliphatic heterocycles. The summed E-state index contributed by atoms with van der Waals surface area (Å²) in [6.45, 7) is 3.62. The number of aliphatic hydroxyl groups is 1. The van der Waals surface area contributed by atoms with Gasteiger partial charge in [0.2, 0.25) is 0 Å². The lowest BCUT2D eigenvalue weighted by Gasteiger charge is -2.28. The smallest absolute Gasteiger partial charge is 0.125 e. The fraction of sp³-hybridized carbons (Fsp3) is 0.562. The Hall–Kier alpha value is -1.46. The van der Waals surface area contributed by atoms with Crippen molar-refractivity contribution >= 4 is 11.0 Å². The second-order valence-electron chi connectivity index (χ2n) is 5.90. The van der Waals surface area contributed by atoms with Crippen LogP contribution in [0.3, 0.4) is 0 Å². The third-order valence-electron chi connectivity index (χ3n) is 4.59. The predicted molar refractivity (Wildman–Crippen MR) is 80.5 cm³/mol. The summed E-state index contributed by atoms with van der Waals surface area (Å²) in [5, 5.41) is 13.1. The monoisotopic (exact) mass is 291 g/mol. The Kier molecular flexibility index (Phi) is 3.95. The van der Waals surface area contributed by atoms with Gasteiger partial charge in [-0.1, -0.05) is 12.8 Å². The second kappa shape index (κ2) is 5.73. The first-order valence-electron chi connectivity index (χ1n) is 7.68. The minimum absolute atomic E-state index is 0.161. The lowest BCUT2D eigenvalue weighted by Crippen LogP contribution is -2.45.